The summed E-state index contributed by atoms with van der Waals surface area (Å²) < 4.78 is 6.37. The molecule has 2 aromatic rings. The van der Waals surface area contributed by atoms with Gasteiger partial charge < -0.3 is 10.1 Å². The molecular weight excluding hydrogens is 472 g/mol. The van der Waals surface area contributed by atoms with E-state index >= 15 is 0 Å². The highest BCUT2D eigenvalue weighted by Crippen LogP contribution is 2.21. The molecule has 0 aliphatic heterocycles. The van der Waals surface area contributed by atoms with Gasteiger partial charge >= 0.3 is 0 Å². The van der Waals surface area contributed by atoms with Gasteiger partial charge in [-0.3, -0.25) is 30.6 Å². The highest BCUT2D eigenvalue weighted by atomic mass is 79.9. The third kappa shape index (κ3) is 7.45. The summed E-state index contributed by atoms with van der Waals surface area (Å²) in [5.41, 5.74) is 6.66. The smallest absolute Gasteiger partial charge is 0.269 e. The van der Waals surface area contributed by atoms with Crippen LogP contribution >= 0.6 is 28.1 Å². The van der Waals surface area contributed by atoms with Crippen LogP contribution in [-0.2, 0) is 9.59 Å². The second kappa shape index (κ2) is 11.3. The Morgan fingerprint density at radius 2 is 1.73 bits per heavy atom. The summed E-state index contributed by atoms with van der Waals surface area (Å²) in [6, 6.07) is 11.8. The van der Waals surface area contributed by atoms with Crippen molar-refractivity contribution in [2.24, 2.45) is 0 Å². The summed E-state index contributed by atoms with van der Waals surface area (Å²) >= 11 is 8.35. The number of anilines is 1. The number of aryl methyl sites for hydroxylation is 1. The molecule has 0 aliphatic carbocycles. The van der Waals surface area contributed by atoms with Crippen molar-refractivity contribution in [3.8, 4) is 5.75 Å². The molecule has 2 rings (SSSR count). The number of hydrogen-bond acceptors (Lipinski definition) is 5. The van der Waals surface area contributed by atoms with Gasteiger partial charge in [0.15, 0.2) is 11.7 Å². The van der Waals surface area contributed by atoms with E-state index in [1.807, 2.05) is 19.1 Å². The molecule has 8 nitrogen and oxygen atoms in total. The monoisotopic (exact) mass is 492 g/mol. The first-order valence-corrected chi connectivity index (χ1v) is 10.2. The number of carbonyl (C=O) groups excluding carboxylic acids is 3. The molecule has 2 aromatic carbocycles. The van der Waals surface area contributed by atoms with E-state index in [1.165, 1.54) is 0 Å². The molecule has 0 aromatic heterocycles. The van der Waals surface area contributed by atoms with Crippen molar-refractivity contribution >= 4 is 56.7 Å². The van der Waals surface area contributed by atoms with Crippen LogP contribution in [0.2, 0.25) is 0 Å². The van der Waals surface area contributed by atoms with Gasteiger partial charge in [0.05, 0.1) is 0 Å². The number of hydrazine groups is 1. The molecule has 0 aliphatic rings. The molecule has 0 unspecified atom stereocenters. The average Bonchev–Trinajstić information content (AvgIpc) is 2.71. The minimum atomic E-state index is -0.472. The summed E-state index contributed by atoms with van der Waals surface area (Å²) in [5, 5.41) is 5.03. The van der Waals surface area contributed by atoms with Gasteiger partial charge in [0.2, 0.25) is 5.91 Å². The SMILES string of the molecule is CCC(=O)Nc1ccc(C(=O)NNC(=S)NC(=O)COc2ccc(Br)cc2C)cc1. The van der Waals surface area contributed by atoms with E-state index in [1.54, 1.807) is 37.3 Å². The Balaban J connectivity index is 1.75. The molecule has 0 heterocycles. The van der Waals surface area contributed by atoms with Gasteiger partial charge in [0.25, 0.3) is 11.8 Å². The van der Waals surface area contributed by atoms with E-state index in [-0.39, 0.29) is 17.6 Å². The lowest BCUT2D eigenvalue weighted by Gasteiger charge is -2.12. The number of benzene rings is 2. The number of amides is 3. The molecule has 10 heteroatoms. The fourth-order valence-electron chi connectivity index (χ4n) is 2.25. The van der Waals surface area contributed by atoms with Crippen molar-refractivity contribution in [2.45, 2.75) is 20.3 Å². The topological polar surface area (TPSA) is 109 Å². The second-order valence-corrected chi connectivity index (χ2v) is 7.46. The Morgan fingerprint density at radius 1 is 1.03 bits per heavy atom. The van der Waals surface area contributed by atoms with Crippen LogP contribution in [0.4, 0.5) is 5.69 Å². The predicted octanol–water partition coefficient (Wildman–Crippen LogP) is 2.82. The zero-order valence-electron chi connectivity index (χ0n) is 16.4. The Morgan fingerprint density at radius 3 is 2.37 bits per heavy atom. The maximum absolute atomic E-state index is 12.1. The van der Waals surface area contributed by atoms with Crippen LogP contribution in [0.5, 0.6) is 5.75 Å². The van der Waals surface area contributed by atoms with Crippen molar-refractivity contribution in [2.75, 3.05) is 11.9 Å². The van der Waals surface area contributed by atoms with Gasteiger partial charge in [0, 0.05) is 22.1 Å². The lowest BCUT2D eigenvalue weighted by molar-refractivity contribution is -0.121. The molecule has 0 atom stereocenters. The maximum atomic E-state index is 12.1. The van der Waals surface area contributed by atoms with E-state index < -0.39 is 11.8 Å². The quantitative estimate of drug-likeness (QED) is 0.364. The molecule has 0 bridgehead atoms. The Kier molecular flexibility index (Phi) is 8.75. The lowest BCUT2D eigenvalue weighted by atomic mass is 10.2. The first kappa shape index (κ1) is 23.3. The third-order valence-electron chi connectivity index (χ3n) is 3.79. The van der Waals surface area contributed by atoms with Gasteiger partial charge in [-0.25, -0.2) is 0 Å². The molecule has 158 valence electrons. The normalized spacial score (nSPS) is 9.97. The van der Waals surface area contributed by atoms with E-state index in [0.29, 0.717) is 23.4 Å². The summed E-state index contributed by atoms with van der Waals surface area (Å²) in [4.78, 5) is 35.5. The van der Waals surface area contributed by atoms with Crippen molar-refractivity contribution < 1.29 is 19.1 Å². The van der Waals surface area contributed by atoms with Crippen LogP contribution in [0.15, 0.2) is 46.9 Å². The Labute approximate surface area is 187 Å². The fraction of sp³-hybridized carbons (Fsp3) is 0.200. The maximum Gasteiger partial charge on any atom is 0.269 e. The van der Waals surface area contributed by atoms with E-state index in [0.717, 1.165) is 10.0 Å². The second-order valence-electron chi connectivity index (χ2n) is 6.13. The minimum Gasteiger partial charge on any atom is -0.483 e. The Bertz CT molecular complexity index is 950. The van der Waals surface area contributed by atoms with E-state index in [4.69, 9.17) is 17.0 Å². The Hall–Kier alpha value is -2.98. The highest BCUT2D eigenvalue weighted by Gasteiger charge is 2.10. The molecule has 3 amide bonds. The summed E-state index contributed by atoms with van der Waals surface area (Å²) in [6.07, 6.45) is 0.364. The van der Waals surface area contributed by atoms with E-state index in [2.05, 4.69) is 37.4 Å². The number of ether oxygens (including phenoxy) is 1. The first-order chi connectivity index (χ1) is 14.3. The van der Waals surface area contributed by atoms with Crippen molar-refractivity contribution in [1.29, 1.82) is 0 Å². The van der Waals surface area contributed by atoms with Crippen molar-refractivity contribution in [1.82, 2.24) is 16.2 Å². The highest BCUT2D eigenvalue weighted by molar-refractivity contribution is 9.10. The van der Waals surface area contributed by atoms with Gasteiger partial charge in [-0.1, -0.05) is 22.9 Å². The summed E-state index contributed by atoms with van der Waals surface area (Å²) in [6.45, 7) is 3.38. The van der Waals surface area contributed by atoms with Crippen LogP contribution in [0.1, 0.15) is 29.3 Å². The molecular formula is C20H21BrN4O4S. The molecule has 0 spiro atoms. The number of thiocarbonyl (C=S) groups is 1. The molecule has 0 fully saturated rings. The number of carbonyl (C=O) groups is 3. The van der Waals surface area contributed by atoms with Crippen molar-refractivity contribution in [3.63, 3.8) is 0 Å². The minimum absolute atomic E-state index is 0.0729. The average molecular weight is 493 g/mol. The standard InChI is InChI=1S/C20H21BrN4O4S/c1-3-17(26)22-15-7-4-13(5-8-15)19(28)24-25-20(30)23-18(27)11-29-16-9-6-14(21)10-12(16)2/h4-10H,3,11H2,1-2H3,(H,22,26)(H,24,28)(H2,23,25,27,30). The van der Waals surface area contributed by atoms with Crippen molar-refractivity contribution in [3.05, 3.63) is 58.1 Å². The van der Waals surface area contributed by atoms with Crippen LogP contribution in [0.3, 0.4) is 0 Å². The number of nitrogens with one attached hydrogen (secondary N) is 4. The zero-order chi connectivity index (χ0) is 22.1. The van der Waals surface area contributed by atoms with Gasteiger partial charge in [-0.2, -0.15) is 0 Å². The number of rotatable bonds is 6. The van der Waals surface area contributed by atoms with Gasteiger partial charge in [-0.05, 0) is 67.2 Å². The number of hydrogen-bond donors (Lipinski definition) is 4. The predicted molar refractivity (Wildman–Crippen MR) is 121 cm³/mol. The fourth-order valence-corrected chi connectivity index (χ4v) is 2.89. The zero-order valence-corrected chi connectivity index (χ0v) is 18.8. The largest absolute Gasteiger partial charge is 0.483 e. The third-order valence-corrected chi connectivity index (χ3v) is 4.49. The van der Waals surface area contributed by atoms with Crippen LogP contribution in [-0.4, -0.2) is 29.4 Å². The first-order valence-electron chi connectivity index (χ1n) is 8.97. The molecule has 4 N–H and O–H groups in total. The van der Waals surface area contributed by atoms with Crippen LogP contribution in [0.25, 0.3) is 0 Å². The van der Waals surface area contributed by atoms with Crippen LogP contribution < -0.4 is 26.2 Å². The lowest BCUT2D eigenvalue weighted by Crippen LogP contribution is -2.49. The molecule has 0 saturated carbocycles. The summed E-state index contributed by atoms with van der Waals surface area (Å²) in [5.74, 6) is -0.463. The van der Waals surface area contributed by atoms with Gasteiger partial charge in [0.1, 0.15) is 5.75 Å². The summed E-state index contributed by atoms with van der Waals surface area (Å²) in [7, 11) is 0. The van der Waals surface area contributed by atoms with Crippen LogP contribution in [0, 0.1) is 6.92 Å². The van der Waals surface area contributed by atoms with E-state index in [9.17, 15) is 14.4 Å². The molecule has 0 radical (unpaired) electrons. The number of halogens is 1. The molecule has 30 heavy (non-hydrogen) atoms. The van der Waals surface area contributed by atoms with Gasteiger partial charge in [-0.15, -0.1) is 0 Å². The molecule has 0 saturated heterocycles.